The molecule has 0 aliphatic heterocycles. The molecule has 0 aliphatic rings. The van der Waals surface area contributed by atoms with Crippen molar-refractivity contribution in [3.8, 4) is 0 Å². The Morgan fingerprint density at radius 3 is 2.47 bits per heavy atom. The van der Waals surface area contributed by atoms with Crippen molar-refractivity contribution in [2.24, 2.45) is 0 Å². The Bertz CT molecular complexity index is 388. The van der Waals surface area contributed by atoms with E-state index in [0.717, 1.165) is 11.3 Å². The molecule has 0 atom stereocenters. The van der Waals surface area contributed by atoms with Gasteiger partial charge in [-0.3, -0.25) is 10.1 Å². The summed E-state index contributed by atoms with van der Waals surface area (Å²) in [6.45, 7) is 4.03. The summed E-state index contributed by atoms with van der Waals surface area (Å²) in [5, 5.41) is 13.6. The number of nitro groups is 1. The van der Waals surface area contributed by atoms with E-state index in [2.05, 4.69) is 5.32 Å². The number of hydrogen-bond donors (Lipinski definition) is 2. The van der Waals surface area contributed by atoms with Crippen LogP contribution in [0.4, 0.5) is 17.1 Å². The molecule has 0 aliphatic carbocycles. The monoisotopic (exact) mass is 209 g/mol. The third kappa shape index (κ3) is 2.18. The minimum atomic E-state index is -0.472. The highest BCUT2D eigenvalue weighted by Gasteiger charge is 2.16. The highest BCUT2D eigenvalue weighted by atomic mass is 16.6. The number of hydrogen-bond acceptors (Lipinski definition) is 4. The second kappa shape index (κ2) is 4.16. The van der Waals surface area contributed by atoms with E-state index in [0.29, 0.717) is 0 Å². The Labute approximate surface area is 88.4 Å². The van der Waals surface area contributed by atoms with Crippen molar-refractivity contribution in [2.45, 2.75) is 19.8 Å². The average Bonchev–Trinajstić information content (AvgIpc) is 2.16. The van der Waals surface area contributed by atoms with Gasteiger partial charge in [0.25, 0.3) is 5.69 Å². The van der Waals surface area contributed by atoms with Gasteiger partial charge in [-0.2, -0.15) is 0 Å². The van der Waals surface area contributed by atoms with E-state index in [1.165, 1.54) is 6.07 Å². The molecule has 0 radical (unpaired) electrons. The van der Waals surface area contributed by atoms with Gasteiger partial charge in [-0.1, -0.05) is 13.8 Å². The van der Waals surface area contributed by atoms with E-state index >= 15 is 0 Å². The largest absolute Gasteiger partial charge is 0.393 e. The van der Waals surface area contributed by atoms with E-state index in [9.17, 15) is 10.1 Å². The van der Waals surface area contributed by atoms with Crippen LogP contribution in [0.15, 0.2) is 12.1 Å². The maximum absolute atomic E-state index is 10.7. The molecule has 0 saturated heterocycles. The van der Waals surface area contributed by atoms with Crippen LogP contribution in [0.1, 0.15) is 25.3 Å². The van der Waals surface area contributed by atoms with Crippen LogP contribution in [-0.2, 0) is 0 Å². The molecule has 0 spiro atoms. The van der Waals surface area contributed by atoms with Crippen molar-refractivity contribution < 1.29 is 4.92 Å². The molecular weight excluding hydrogens is 194 g/mol. The van der Waals surface area contributed by atoms with Gasteiger partial charge in [0.1, 0.15) is 5.69 Å². The molecule has 0 amide bonds. The third-order valence-electron chi connectivity index (χ3n) is 2.29. The van der Waals surface area contributed by atoms with Crippen LogP contribution in [-0.4, -0.2) is 12.0 Å². The van der Waals surface area contributed by atoms with Gasteiger partial charge in [0.2, 0.25) is 0 Å². The molecule has 3 N–H and O–H groups in total. The number of nitrogens with two attached hydrogens (primary N) is 1. The molecule has 1 aromatic carbocycles. The van der Waals surface area contributed by atoms with Crippen LogP contribution in [0.25, 0.3) is 0 Å². The second-order valence-corrected chi connectivity index (χ2v) is 3.66. The number of nitrogens with one attached hydrogen (secondary N) is 1. The Morgan fingerprint density at radius 2 is 2.07 bits per heavy atom. The molecule has 1 aromatic rings. The van der Waals surface area contributed by atoms with Crippen LogP contribution in [0.5, 0.6) is 0 Å². The van der Waals surface area contributed by atoms with Gasteiger partial charge in [0, 0.05) is 18.8 Å². The predicted molar refractivity (Wildman–Crippen MR) is 61.1 cm³/mol. The SMILES string of the molecule is CNc1cc([N+](=O)[O-])c(N)cc1C(C)C. The average molecular weight is 209 g/mol. The highest BCUT2D eigenvalue weighted by molar-refractivity contribution is 5.69. The first-order chi connectivity index (χ1) is 6.97. The lowest BCUT2D eigenvalue weighted by atomic mass is 9.99. The Balaban J connectivity index is 3.35. The van der Waals surface area contributed by atoms with Gasteiger partial charge in [0.05, 0.1) is 4.92 Å². The number of nitrogen functional groups attached to an aromatic ring is 1. The summed E-state index contributed by atoms with van der Waals surface area (Å²) >= 11 is 0. The van der Waals surface area contributed by atoms with Crippen molar-refractivity contribution in [1.82, 2.24) is 0 Å². The summed E-state index contributed by atoms with van der Waals surface area (Å²) in [5.41, 5.74) is 7.52. The van der Waals surface area contributed by atoms with E-state index in [4.69, 9.17) is 5.73 Å². The fraction of sp³-hybridized carbons (Fsp3) is 0.400. The fourth-order valence-electron chi connectivity index (χ4n) is 1.47. The lowest BCUT2D eigenvalue weighted by Crippen LogP contribution is -2.02. The van der Waals surface area contributed by atoms with Crippen molar-refractivity contribution in [2.75, 3.05) is 18.1 Å². The first kappa shape index (κ1) is 11.3. The van der Waals surface area contributed by atoms with Crippen LogP contribution in [0.3, 0.4) is 0 Å². The Hall–Kier alpha value is -1.78. The summed E-state index contributed by atoms with van der Waals surface area (Å²) in [4.78, 5) is 10.2. The van der Waals surface area contributed by atoms with Gasteiger partial charge < -0.3 is 11.1 Å². The van der Waals surface area contributed by atoms with Gasteiger partial charge in [-0.25, -0.2) is 0 Å². The van der Waals surface area contributed by atoms with Crippen LogP contribution in [0.2, 0.25) is 0 Å². The number of anilines is 2. The Kier molecular flexibility index (Phi) is 3.14. The van der Waals surface area contributed by atoms with Gasteiger partial charge in [-0.05, 0) is 17.5 Å². The lowest BCUT2D eigenvalue weighted by Gasteiger charge is -2.13. The molecule has 0 fully saturated rings. The lowest BCUT2D eigenvalue weighted by molar-refractivity contribution is -0.383. The highest BCUT2D eigenvalue weighted by Crippen LogP contribution is 2.32. The molecular formula is C10H15N3O2. The van der Waals surface area contributed by atoms with Gasteiger partial charge in [-0.15, -0.1) is 0 Å². The molecule has 1 rings (SSSR count). The standard InChI is InChI=1S/C10H15N3O2/c1-6(2)7-4-8(11)10(13(14)15)5-9(7)12-3/h4-6,12H,11H2,1-3H3. The number of benzene rings is 1. The topological polar surface area (TPSA) is 81.2 Å². The van der Waals surface area contributed by atoms with E-state index in [-0.39, 0.29) is 17.3 Å². The zero-order valence-corrected chi connectivity index (χ0v) is 9.07. The number of nitrogens with zero attached hydrogens (tertiary/aromatic N) is 1. The molecule has 82 valence electrons. The zero-order valence-electron chi connectivity index (χ0n) is 9.07. The maximum Gasteiger partial charge on any atom is 0.294 e. The van der Waals surface area contributed by atoms with E-state index < -0.39 is 4.92 Å². The summed E-state index contributed by atoms with van der Waals surface area (Å²) in [7, 11) is 1.74. The summed E-state index contributed by atoms with van der Waals surface area (Å²) < 4.78 is 0. The molecule has 0 bridgehead atoms. The summed E-state index contributed by atoms with van der Waals surface area (Å²) in [6, 6.07) is 3.14. The second-order valence-electron chi connectivity index (χ2n) is 3.66. The zero-order chi connectivity index (χ0) is 11.6. The normalized spacial score (nSPS) is 10.4. The van der Waals surface area contributed by atoms with Gasteiger partial charge in [0.15, 0.2) is 0 Å². The van der Waals surface area contributed by atoms with E-state index in [1.807, 2.05) is 13.8 Å². The summed E-state index contributed by atoms with van der Waals surface area (Å²) in [5.74, 6) is 0.274. The third-order valence-corrected chi connectivity index (χ3v) is 2.29. The first-order valence-corrected chi connectivity index (χ1v) is 4.73. The molecule has 0 aromatic heterocycles. The molecule has 0 heterocycles. The molecule has 0 saturated carbocycles. The quantitative estimate of drug-likeness (QED) is 0.455. The fourth-order valence-corrected chi connectivity index (χ4v) is 1.47. The molecule has 5 nitrogen and oxygen atoms in total. The van der Waals surface area contributed by atoms with Crippen LogP contribution in [0, 0.1) is 10.1 Å². The van der Waals surface area contributed by atoms with Crippen molar-refractivity contribution >= 4 is 17.1 Å². The number of nitro benzene ring substituents is 1. The van der Waals surface area contributed by atoms with Crippen LogP contribution < -0.4 is 11.1 Å². The van der Waals surface area contributed by atoms with E-state index in [1.54, 1.807) is 13.1 Å². The van der Waals surface area contributed by atoms with Crippen molar-refractivity contribution in [1.29, 1.82) is 0 Å². The Morgan fingerprint density at radius 1 is 1.47 bits per heavy atom. The predicted octanol–water partition coefficient (Wildman–Crippen LogP) is 2.34. The first-order valence-electron chi connectivity index (χ1n) is 4.73. The van der Waals surface area contributed by atoms with Crippen molar-refractivity contribution in [3.05, 3.63) is 27.8 Å². The van der Waals surface area contributed by atoms with Crippen LogP contribution >= 0.6 is 0 Å². The summed E-state index contributed by atoms with van der Waals surface area (Å²) in [6.07, 6.45) is 0. The smallest absolute Gasteiger partial charge is 0.294 e. The minimum Gasteiger partial charge on any atom is -0.393 e. The number of rotatable bonds is 3. The van der Waals surface area contributed by atoms with Gasteiger partial charge >= 0.3 is 0 Å². The molecule has 5 heteroatoms. The molecule has 15 heavy (non-hydrogen) atoms. The van der Waals surface area contributed by atoms with Crippen molar-refractivity contribution in [3.63, 3.8) is 0 Å². The minimum absolute atomic E-state index is 0.0521. The molecule has 0 unspecified atom stereocenters. The maximum atomic E-state index is 10.7.